The van der Waals surface area contributed by atoms with Crippen LogP contribution < -0.4 is 5.32 Å². The Kier molecular flexibility index (Phi) is 6.66. The number of benzene rings is 1. The number of halogens is 1. The van der Waals surface area contributed by atoms with Gasteiger partial charge in [-0.05, 0) is 72.8 Å². The van der Waals surface area contributed by atoms with Gasteiger partial charge in [0, 0.05) is 28.3 Å². The van der Waals surface area contributed by atoms with E-state index >= 15 is 0 Å². The number of hydrogen-bond donors (Lipinski definition) is 1. The lowest BCUT2D eigenvalue weighted by molar-refractivity contribution is -0.141. The van der Waals surface area contributed by atoms with Crippen molar-refractivity contribution in [1.29, 1.82) is 0 Å². The Morgan fingerprint density at radius 2 is 1.72 bits per heavy atom. The van der Waals surface area contributed by atoms with Crippen LogP contribution in [0.5, 0.6) is 0 Å². The predicted molar refractivity (Wildman–Crippen MR) is 104 cm³/mol. The molecule has 0 unspecified atom stereocenters. The third-order valence-corrected chi connectivity index (χ3v) is 5.47. The maximum Gasteiger partial charge on any atom is 0.238 e. The van der Waals surface area contributed by atoms with E-state index in [0.29, 0.717) is 32.8 Å². The van der Waals surface area contributed by atoms with E-state index in [2.05, 4.69) is 32.8 Å². The number of hydrogen-bond acceptors (Lipinski definition) is 4. The largest absolute Gasteiger partial charge is 0.378 e. The van der Waals surface area contributed by atoms with E-state index in [1.54, 1.807) is 0 Å². The van der Waals surface area contributed by atoms with Gasteiger partial charge in [-0.3, -0.25) is 14.5 Å². The van der Waals surface area contributed by atoms with Crippen molar-refractivity contribution >= 4 is 40.1 Å². The Hall–Kier alpha value is -1.19. The highest BCUT2D eigenvalue weighted by molar-refractivity contribution is 14.1. The molecule has 1 N–H and O–H groups in total. The molecule has 3 rings (SSSR count). The van der Waals surface area contributed by atoms with Crippen molar-refractivity contribution in [3.05, 3.63) is 27.8 Å². The van der Waals surface area contributed by atoms with Gasteiger partial charge in [-0.1, -0.05) is 0 Å². The SMILES string of the molecule is O=C(CN1CCC(C(=O)N2CCOCC2)CC1)Nc1ccc(I)cc1. The maximum absolute atomic E-state index is 12.5. The number of amides is 2. The molecule has 25 heavy (non-hydrogen) atoms. The summed E-state index contributed by atoms with van der Waals surface area (Å²) >= 11 is 2.24. The predicted octanol–water partition coefficient (Wildman–Crippen LogP) is 1.80. The standard InChI is InChI=1S/C18H24IN3O3/c19-15-1-3-16(4-2-15)20-17(23)13-21-7-5-14(6-8-21)18(24)22-9-11-25-12-10-22/h1-4,14H,5-13H2,(H,20,23). The molecule has 0 radical (unpaired) electrons. The Labute approximate surface area is 162 Å². The summed E-state index contributed by atoms with van der Waals surface area (Å²) in [5, 5.41) is 2.93. The monoisotopic (exact) mass is 457 g/mol. The van der Waals surface area contributed by atoms with Gasteiger partial charge in [-0.15, -0.1) is 0 Å². The lowest BCUT2D eigenvalue weighted by atomic mass is 9.95. The van der Waals surface area contributed by atoms with Crippen LogP contribution in [-0.4, -0.2) is 67.6 Å². The molecule has 0 aliphatic carbocycles. The Balaban J connectivity index is 1.41. The summed E-state index contributed by atoms with van der Waals surface area (Å²) in [6, 6.07) is 7.76. The minimum atomic E-state index is -0.000774. The first-order valence-corrected chi connectivity index (χ1v) is 9.84. The third-order valence-electron chi connectivity index (χ3n) is 4.75. The number of carbonyl (C=O) groups is 2. The van der Waals surface area contributed by atoms with Crippen LogP contribution in [0.2, 0.25) is 0 Å². The van der Waals surface area contributed by atoms with Crippen LogP contribution in [0.15, 0.2) is 24.3 Å². The zero-order valence-corrected chi connectivity index (χ0v) is 16.4. The van der Waals surface area contributed by atoms with Crippen molar-refractivity contribution in [1.82, 2.24) is 9.80 Å². The van der Waals surface area contributed by atoms with Gasteiger partial charge < -0.3 is 15.0 Å². The lowest BCUT2D eigenvalue weighted by Gasteiger charge is -2.35. The van der Waals surface area contributed by atoms with E-state index in [-0.39, 0.29) is 17.7 Å². The van der Waals surface area contributed by atoms with Gasteiger partial charge in [0.25, 0.3) is 0 Å². The molecule has 0 aromatic heterocycles. The fraction of sp³-hybridized carbons (Fsp3) is 0.556. The first-order valence-electron chi connectivity index (χ1n) is 8.76. The molecule has 2 amide bonds. The Morgan fingerprint density at radius 1 is 1.08 bits per heavy atom. The van der Waals surface area contributed by atoms with Crippen molar-refractivity contribution in [3.8, 4) is 0 Å². The van der Waals surface area contributed by atoms with E-state index in [1.165, 1.54) is 0 Å². The summed E-state index contributed by atoms with van der Waals surface area (Å²) < 4.78 is 6.45. The molecule has 0 saturated carbocycles. The number of nitrogens with one attached hydrogen (secondary N) is 1. The van der Waals surface area contributed by atoms with Gasteiger partial charge >= 0.3 is 0 Å². The Morgan fingerprint density at radius 3 is 2.36 bits per heavy atom. The number of ether oxygens (including phenoxy) is 1. The molecular formula is C18H24IN3O3. The maximum atomic E-state index is 12.5. The second kappa shape index (κ2) is 8.95. The van der Waals surface area contributed by atoms with Crippen molar-refractivity contribution in [2.75, 3.05) is 51.3 Å². The molecule has 7 heteroatoms. The van der Waals surface area contributed by atoms with Crippen LogP contribution in [0.25, 0.3) is 0 Å². The van der Waals surface area contributed by atoms with Gasteiger partial charge in [-0.25, -0.2) is 0 Å². The van der Waals surface area contributed by atoms with Crippen LogP contribution in [0.4, 0.5) is 5.69 Å². The summed E-state index contributed by atoms with van der Waals surface area (Å²) in [7, 11) is 0. The van der Waals surface area contributed by atoms with Crippen molar-refractivity contribution in [3.63, 3.8) is 0 Å². The van der Waals surface area contributed by atoms with Crippen LogP contribution >= 0.6 is 22.6 Å². The van der Waals surface area contributed by atoms with Crippen LogP contribution in [0.3, 0.4) is 0 Å². The molecule has 136 valence electrons. The molecule has 0 atom stereocenters. The van der Waals surface area contributed by atoms with Crippen LogP contribution in [-0.2, 0) is 14.3 Å². The molecule has 0 spiro atoms. The molecular weight excluding hydrogens is 433 g/mol. The smallest absolute Gasteiger partial charge is 0.238 e. The van der Waals surface area contributed by atoms with Gasteiger partial charge in [-0.2, -0.15) is 0 Å². The molecule has 2 aliphatic heterocycles. The van der Waals surface area contributed by atoms with Crippen LogP contribution in [0.1, 0.15) is 12.8 Å². The van der Waals surface area contributed by atoms with E-state index < -0.39 is 0 Å². The van der Waals surface area contributed by atoms with Crippen molar-refractivity contribution in [2.24, 2.45) is 5.92 Å². The molecule has 0 bridgehead atoms. The number of anilines is 1. The third kappa shape index (κ3) is 5.39. The minimum absolute atomic E-state index is 0.000774. The number of piperidine rings is 1. The zero-order valence-electron chi connectivity index (χ0n) is 14.2. The van der Waals surface area contributed by atoms with Crippen molar-refractivity contribution in [2.45, 2.75) is 12.8 Å². The van der Waals surface area contributed by atoms with E-state index in [9.17, 15) is 9.59 Å². The van der Waals surface area contributed by atoms with Gasteiger partial charge in [0.1, 0.15) is 0 Å². The van der Waals surface area contributed by atoms with Gasteiger partial charge in [0.2, 0.25) is 11.8 Å². The molecule has 2 saturated heterocycles. The topological polar surface area (TPSA) is 61.9 Å². The zero-order chi connectivity index (χ0) is 17.6. The highest BCUT2D eigenvalue weighted by Gasteiger charge is 2.29. The average Bonchev–Trinajstić information content (AvgIpc) is 2.64. The first kappa shape index (κ1) is 18.6. The number of rotatable bonds is 4. The van der Waals surface area contributed by atoms with E-state index in [1.807, 2.05) is 29.2 Å². The minimum Gasteiger partial charge on any atom is -0.378 e. The molecule has 6 nitrogen and oxygen atoms in total. The summed E-state index contributed by atoms with van der Waals surface area (Å²) in [6.07, 6.45) is 1.65. The highest BCUT2D eigenvalue weighted by atomic mass is 127. The molecule has 1 aromatic rings. The molecule has 2 aliphatic rings. The van der Waals surface area contributed by atoms with Crippen molar-refractivity contribution < 1.29 is 14.3 Å². The summed E-state index contributed by atoms with van der Waals surface area (Å²) in [5.74, 6) is 0.346. The molecule has 2 fully saturated rings. The number of morpholine rings is 1. The Bertz CT molecular complexity index is 594. The number of nitrogens with zero attached hydrogens (tertiary/aromatic N) is 2. The van der Waals surface area contributed by atoms with Crippen LogP contribution in [0, 0.1) is 9.49 Å². The number of likely N-dealkylation sites (tertiary alicyclic amines) is 1. The van der Waals surface area contributed by atoms with E-state index in [4.69, 9.17) is 4.74 Å². The first-order chi connectivity index (χ1) is 12.1. The highest BCUT2D eigenvalue weighted by Crippen LogP contribution is 2.20. The average molecular weight is 457 g/mol. The second-order valence-electron chi connectivity index (χ2n) is 6.54. The quantitative estimate of drug-likeness (QED) is 0.701. The summed E-state index contributed by atoms with van der Waals surface area (Å²) in [6.45, 7) is 4.66. The van der Waals surface area contributed by atoms with E-state index in [0.717, 1.165) is 35.2 Å². The lowest BCUT2D eigenvalue weighted by Crippen LogP contribution is -2.47. The summed E-state index contributed by atoms with van der Waals surface area (Å²) in [5.41, 5.74) is 0.822. The second-order valence-corrected chi connectivity index (χ2v) is 7.79. The molecule has 2 heterocycles. The fourth-order valence-electron chi connectivity index (χ4n) is 3.32. The van der Waals surface area contributed by atoms with Gasteiger partial charge in [0.15, 0.2) is 0 Å². The normalized spacial score (nSPS) is 19.6. The number of carbonyl (C=O) groups excluding carboxylic acids is 2. The summed E-state index contributed by atoms with van der Waals surface area (Å²) in [4.78, 5) is 28.8. The van der Waals surface area contributed by atoms with Gasteiger partial charge in [0.05, 0.1) is 19.8 Å². The molecule has 1 aromatic carbocycles. The fourth-order valence-corrected chi connectivity index (χ4v) is 3.68.